The number of hydrogen-bond donors (Lipinski definition) is 1. The van der Waals surface area contributed by atoms with Crippen molar-refractivity contribution in [3.05, 3.63) is 32.8 Å². The van der Waals surface area contributed by atoms with Crippen LogP contribution < -0.4 is 11.1 Å². The van der Waals surface area contributed by atoms with Crippen LogP contribution in [0.2, 0.25) is 0 Å². The van der Waals surface area contributed by atoms with Crippen molar-refractivity contribution < 1.29 is 9.53 Å². The van der Waals surface area contributed by atoms with E-state index in [0.29, 0.717) is 13.2 Å². The molecule has 1 aromatic rings. The third-order valence-electron chi connectivity index (χ3n) is 3.36. The van der Waals surface area contributed by atoms with E-state index in [0.717, 1.165) is 19.4 Å². The predicted molar refractivity (Wildman–Crippen MR) is 72.3 cm³/mol. The Morgan fingerprint density at radius 3 is 3.00 bits per heavy atom. The molecule has 0 aromatic carbocycles. The van der Waals surface area contributed by atoms with Gasteiger partial charge in [0.25, 0.3) is 11.1 Å². The van der Waals surface area contributed by atoms with Crippen molar-refractivity contribution in [1.29, 1.82) is 0 Å². The SMILES string of the molecule is CCOC(=O)C1CCCN(Cn2[nH]c(=O)ccc2=O)C1. The number of likely N-dealkylation sites (tertiary alicyclic amines) is 1. The highest BCUT2D eigenvalue weighted by Gasteiger charge is 2.26. The van der Waals surface area contributed by atoms with E-state index in [1.165, 1.54) is 16.8 Å². The molecule has 7 nitrogen and oxygen atoms in total. The Morgan fingerprint density at radius 2 is 2.25 bits per heavy atom. The summed E-state index contributed by atoms with van der Waals surface area (Å²) in [4.78, 5) is 36.6. The molecule has 0 bridgehead atoms. The highest BCUT2D eigenvalue weighted by molar-refractivity contribution is 5.72. The van der Waals surface area contributed by atoms with Crippen LogP contribution in [0.5, 0.6) is 0 Å². The van der Waals surface area contributed by atoms with E-state index in [4.69, 9.17) is 4.74 Å². The molecule has 0 saturated carbocycles. The number of piperidine rings is 1. The fourth-order valence-corrected chi connectivity index (χ4v) is 2.40. The minimum atomic E-state index is -0.316. The van der Waals surface area contributed by atoms with Crippen molar-refractivity contribution in [2.75, 3.05) is 19.7 Å². The van der Waals surface area contributed by atoms with Crippen molar-refractivity contribution in [1.82, 2.24) is 14.7 Å². The first-order valence-electron chi connectivity index (χ1n) is 6.79. The number of aromatic nitrogens is 2. The second kappa shape index (κ2) is 6.51. The zero-order valence-electron chi connectivity index (χ0n) is 11.5. The summed E-state index contributed by atoms with van der Waals surface area (Å²) in [6.45, 7) is 3.78. The minimum Gasteiger partial charge on any atom is -0.466 e. The highest BCUT2D eigenvalue weighted by Crippen LogP contribution is 2.17. The van der Waals surface area contributed by atoms with Crippen LogP contribution in [0.1, 0.15) is 19.8 Å². The van der Waals surface area contributed by atoms with Gasteiger partial charge in [-0.3, -0.25) is 24.4 Å². The second-order valence-electron chi connectivity index (χ2n) is 4.89. The average molecular weight is 281 g/mol. The number of hydrogen-bond acceptors (Lipinski definition) is 5. The summed E-state index contributed by atoms with van der Waals surface area (Å²) in [5.74, 6) is -0.346. The maximum Gasteiger partial charge on any atom is 0.310 e. The highest BCUT2D eigenvalue weighted by atomic mass is 16.5. The van der Waals surface area contributed by atoms with E-state index in [2.05, 4.69) is 5.10 Å². The number of nitrogens with one attached hydrogen (secondary N) is 1. The lowest BCUT2D eigenvalue weighted by molar-refractivity contribution is -0.150. The summed E-state index contributed by atoms with van der Waals surface area (Å²) in [5.41, 5.74) is -0.577. The largest absolute Gasteiger partial charge is 0.466 e. The van der Waals surface area contributed by atoms with Crippen LogP contribution in [0.15, 0.2) is 21.7 Å². The van der Waals surface area contributed by atoms with Gasteiger partial charge in [-0.2, -0.15) is 0 Å². The number of carbonyl (C=O) groups excluding carboxylic acids is 1. The third-order valence-corrected chi connectivity index (χ3v) is 3.36. The van der Waals surface area contributed by atoms with E-state index in [1.807, 2.05) is 4.90 Å². The molecule has 1 unspecified atom stereocenters. The lowest BCUT2D eigenvalue weighted by Crippen LogP contribution is -2.43. The lowest BCUT2D eigenvalue weighted by atomic mass is 9.99. The van der Waals surface area contributed by atoms with Crippen LogP contribution in [0, 0.1) is 5.92 Å². The maximum atomic E-state index is 11.7. The number of ether oxygens (including phenoxy) is 1. The van der Waals surface area contributed by atoms with Crippen LogP contribution in [-0.4, -0.2) is 40.3 Å². The van der Waals surface area contributed by atoms with Crippen molar-refractivity contribution in [3.8, 4) is 0 Å². The van der Waals surface area contributed by atoms with Crippen molar-refractivity contribution in [3.63, 3.8) is 0 Å². The van der Waals surface area contributed by atoms with Gasteiger partial charge in [0.2, 0.25) is 0 Å². The third kappa shape index (κ3) is 3.57. The van der Waals surface area contributed by atoms with Gasteiger partial charge in [-0.25, -0.2) is 4.68 Å². The molecule has 1 atom stereocenters. The summed E-state index contributed by atoms with van der Waals surface area (Å²) >= 11 is 0. The van der Waals surface area contributed by atoms with Gasteiger partial charge < -0.3 is 4.74 Å². The number of esters is 1. The van der Waals surface area contributed by atoms with Gasteiger partial charge in [-0.05, 0) is 26.3 Å². The molecule has 0 spiro atoms. The van der Waals surface area contributed by atoms with E-state index < -0.39 is 0 Å². The second-order valence-corrected chi connectivity index (χ2v) is 4.89. The van der Waals surface area contributed by atoms with Crippen LogP contribution in [0.25, 0.3) is 0 Å². The normalized spacial score (nSPS) is 19.8. The first-order chi connectivity index (χ1) is 9.60. The number of H-pyrrole nitrogens is 1. The molecule has 0 amide bonds. The number of rotatable bonds is 4. The van der Waals surface area contributed by atoms with E-state index >= 15 is 0 Å². The van der Waals surface area contributed by atoms with Gasteiger partial charge >= 0.3 is 5.97 Å². The topological polar surface area (TPSA) is 84.4 Å². The van der Waals surface area contributed by atoms with Gasteiger partial charge in [-0.1, -0.05) is 0 Å². The molecule has 1 aromatic heterocycles. The summed E-state index contributed by atoms with van der Waals surface area (Å²) in [6, 6.07) is 2.45. The van der Waals surface area contributed by atoms with Crippen molar-refractivity contribution in [2.45, 2.75) is 26.4 Å². The molecule has 0 radical (unpaired) electrons. The zero-order chi connectivity index (χ0) is 14.5. The van der Waals surface area contributed by atoms with Gasteiger partial charge in [0.15, 0.2) is 0 Å². The Bertz CT molecular complexity index is 577. The Labute approximate surface area is 116 Å². The fraction of sp³-hybridized carbons (Fsp3) is 0.615. The van der Waals surface area contributed by atoms with Gasteiger partial charge in [0, 0.05) is 18.7 Å². The molecule has 1 aliphatic rings. The molecule has 1 fully saturated rings. The standard InChI is InChI=1S/C13H19N3O4/c1-2-20-13(19)10-4-3-7-15(8-10)9-16-12(18)6-5-11(17)14-16/h5-6,10H,2-4,7-9H2,1H3,(H,14,17). The molecule has 1 saturated heterocycles. The molecule has 1 N–H and O–H groups in total. The Morgan fingerprint density at radius 1 is 1.45 bits per heavy atom. The predicted octanol–water partition coefficient (Wildman–Crippen LogP) is -0.231. The molecule has 20 heavy (non-hydrogen) atoms. The number of aromatic amines is 1. The van der Waals surface area contributed by atoms with Crippen LogP contribution in [-0.2, 0) is 16.2 Å². The molecule has 0 aliphatic carbocycles. The van der Waals surface area contributed by atoms with Crippen molar-refractivity contribution >= 4 is 5.97 Å². The first kappa shape index (κ1) is 14.5. The number of nitrogens with zero attached hydrogens (tertiary/aromatic N) is 2. The number of carbonyl (C=O) groups is 1. The Kier molecular flexibility index (Phi) is 4.73. The maximum absolute atomic E-state index is 11.7. The smallest absolute Gasteiger partial charge is 0.310 e. The monoisotopic (exact) mass is 281 g/mol. The molecular formula is C13H19N3O4. The molecule has 7 heteroatoms. The zero-order valence-corrected chi connectivity index (χ0v) is 11.5. The molecule has 1 aliphatic heterocycles. The summed E-state index contributed by atoms with van der Waals surface area (Å²) in [7, 11) is 0. The fourth-order valence-electron chi connectivity index (χ4n) is 2.40. The minimum absolute atomic E-state index is 0.158. The summed E-state index contributed by atoms with van der Waals surface area (Å²) in [5, 5.41) is 2.48. The average Bonchev–Trinajstić information content (AvgIpc) is 2.43. The molecule has 2 rings (SSSR count). The van der Waals surface area contributed by atoms with E-state index in [9.17, 15) is 14.4 Å². The van der Waals surface area contributed by atoms with Crippen molar-refractivity contribution in [2.24, 2.45) is 5.92 Å². The van der Waals surface area contributed by atoms with Crippen LogP contribution >= 0.6 is 0 Å². The lowest BCUT2D eigenvalue weighted by Gasteiger charge is -2.31. The van der Waals surface area contributed by atoms with Crippen LogP contribution in [0.3, 0.4) is 0 Å². The molecule has 110 valence electrons. The quantitative estimate of drug-likeness (QED) is 0.771. The molecular weight excluding hydrogens is 262 g/mol. The van der Waals surface area contributed by atoms with Gasteiger partial charge in [0.1, 0.15) is 0 Å². The summed E-state index contributed by atoms with van der Waals surface area (Å²) < 4.78 is 6.29. The van der Waals surface area contributed by atoms with E-state index in [-0.39, 0.29) is 29.7 Å². The first-order valence-corrected chi connectivity index (χ1v) is 6.79. The van der Waals surface area contributed by atoms with E-state index in [1.54, 1.807) is 6.92 Å². The van der Waals surface area contributed by atoms with Crippen LogP contribution in [0.4, 0.5) is 0 Å². The summed E-state index contributed by atoms with van der Waals surface area (Å²) in [6.07, 6.45) is 1.67. The molecule has 2 heterocycles. The Hall–Kier alpha value is -1.89. The van der Waals surface area contributed by atoms with Gasteiger partial charge in [-0.15, -0.1) is 0 Å². The Balaban J connectivity index is 2.02. The van der Waals surface area contributed by atoms with Gasteiger partial charge in [0.05, 0.1) is 19.2 Å².